The number of ether oxygens (including phenoxy) is 1. The van der Waals surface area contributed by atoms with E-state index in [1.165, 1.54) is 29.7 Å². The van der Waals surface area contributed by atoms with Gasteiger partial charge in [-0.1, -0.05) is 6.07 Å². The summed E-state index contributed by atoms with van der Waals surface area (Å²) in [7, 11) is 1.69. The number of hydrogen-bond donors (Lipinski definition) is 1. The fourth-order valence-corrected chi connectivity index (χ4v) is 4.45. The van der Waals surface area contributed by atoms with Gasteiger partial charge >= 0.3 is 0 Å². The quantitative estimate of drug-likeness (QED) is 0.866. The largest absolute Gasteiger partial charge is 0.496 e. The number of methoxy groups -OCH3 is 1. The van der Waals surface area contributed by atoms with E-state index in [4.69, 9.17) is 4.74 Å². The Bertz CT molecular complexity index is 587. The zero-order valence-corrected chi connectivity index (χ0v) is 13.9. The highest BCUT2D eigenvalue weighted by Gasteiger charge is 2.14. The fourth-order valence-electron chi connectivity index (χ4n) is 2.63. The van der Waals surface area contributed by atoms with Crippen molar-refractivity contribution in [3.05, 3.63) is 49.6 Å². The van der Waals surface area contributed by atoms with Crippen molar-refractivity contribution >= 4 is 27.3 Å². The molecule has 0 amide bonds. The Hall–Kier alpha value is -0.840. The Labute approximate surface area is 132 Å². The van der Waals surface area contributed by atoms with Gasteiger partial charge in [-0.3, -0.25) is 0 Å². The summed E-state index contributed by atoms with van der Waals surface area (Å²) >= 11 is 5.50. The number of nitrogens with one attached hydrogen (secondary N) is 1. The second kappa shape index (κ2) is 6.29. The molecule has 0 atom stereocenters. The molecule has 20 heavy (non-hydrogen) atoms. The highest BCUT2D eigenvalue weighted by Crippen LogP contribution is 2.30. The standard InChI is InChI=1S/C16H18BrNOS/c1-19-15-6-5-11(7-14(15)17)9-18-10-13-8-12-3-2-4-16(12)20-13/h5-8,18H,2-4,9-10H2,1H3. The number of thiophene rings is 1. The zero-order chi connectivity index (χ0) is 13.9. The molecule has 1 heterocycles. The van der Waals surface area contributed by atoms with Crippen LogP contribution in [-0.4, -0.2) is 7.11 Å². The van der Waals surface area contributed by atoms with Gasteiger partial charge in [0.2, 0.25) is 0 Å². The molecule has 0 saturated heterocycles. The summed E-state index contributed by atoms with van der Waals surface area (Å²) in [4.78, 5) is 3.07. The Morgan fingerprint density at radius 1 is 1.25 bits per heavy atom. The van der Waals surface area contributed by atoms with E-state index in [0.717, 1.165) is 23.3 Å². The van der Waals surface area contributed by atoms with Crippen molar-refractivity contribution in [2.45, 2.75) is 32.4 Å². The van der Waals surface area contributed by atoms with E-state index >= 15 is 0 Å². The topological polar surface area (TPSA) is 21.3 Å². The molecule has 1 aliphatic rings. The monoisotopic (exact) mass is 351 g/mol. The van der Waals surface area contributed by atoms with Gasteiger partial charge < -0.3 is 10.1 Å². The predicted octanol–water partition coefficient (Wildman–Crippen LogP) is 4.30. The highest BCUT2D eigenvalue weighted by molar-refractivity contribution is 9.10. The van der Waals surface area contributed by atoms with Gasteiger partial charge in [0.1, 0.15) is 5.75 Å². The van der Waals surface area contributed by atoms with Crippen LogP contribution in [0.5, 0.6) is 5.75 Å². The smallest absolute Gasteiger partial charge is 0.133 e. The van der Waals surface area contributed by atoms with Crippen LogP contribution in [0.4, 0.5) is 0 Å². The van der Waals surface area contributed by atoms with Gasteiger partial charge in [-0.05, 0) is 64.5 Å². The summed E-state index contributed by atoms with van der Waals surface area (Å²) in [6.45, 7) is 1.84. The lowest BCUT2D eigenvalue weighted by Crippen LogP contribution is -2.11. The lowest BCUT2D eigenvalue weighted by molar-refractivity contribution is 0.412. The van der Waals surface area contributed by atoms with Gasteiger partial charge in [0.05, 0.1) is 11.6 Å². The lowest BCUT2D eigenvalue weighted by Gasteiger charge is -2.07. The molecule has 106 valence electrons. The molecule has 0 radical (unpaired) electrons. The first-order valence-electron chi connectivity index (χ1n) is 6.90. The predicted molar refractivity (Wildman–Crippen MR) is 87.6 cm³/mol. The first-order valence-corrected chi connectivity index (χ1v) is 8.51. The number of hydrogen-bond acceptors (Lipinski definition) is 3. The molecule has 1 N–H and O–H groups in total. The van der Waals surface area contributed by atoms with Gasteiger partial charge in [0.15, 0.2) is 0 Å². The minimum atomic E-state index is 0.878. The Kier molecular flexibility index (Phi) is 4.44. The first kappa shape index (κ1) is 14.1. The highest BCUT2D eigenvalue weighted by atomic mass is 79.9. The van der Waals surface area contributed by atoms with E-state index in [-0.39, 0.29) is 0 Å². The van der Waals surface area contributed by atoms with Crippen LogP contribution in [-0.2, 0) is 25.9 Å². The first-order chi connectivity index (χ1) is 9.76. The van der Waals surface area contributed by atoms with Crippen molar-refractivity contribution in [1.82, 2.24) is 5.32 Å². The average Bonchev–Trinajstić information content (AvgIpc) is 3.00. The summed E-state index contributed by atoms with van der Waals surface area (Å²) < 4.78 is 6.25. The van der Waals surface area contributed by atoms with E-state index in [2.05, 4.69) is 39.4 Å². The Balaban J connectivity index is 1.55. The Morgan fingerprint density at radius 2 is 2.15 bits per heavy atom. The third-order valence-electron chi connectivity index (χ3n) is 3.64. The van der Waals surface area contributed by atoms with E-state index in [9.17, 15) is 0 Å². The minimum Gasteiger partial charge on any atom is -0.496 e. The summed E-state index contributed by atoms with van der Waals surface area (Å²) in [6.07, 6.45) is 3.90. The van der Waals surface area contributed by atoms with Crippen molar-refractivity contribution in [3.8, 4) is 5.75 Å². The third kappa shape index (κ3) is 3.08. The van der Waals surface area contributed by atoms with Gasteiger partial charge in [-0.2, -0.15) is 0 Å². The molecule has 1 aliphatic carbocycles. The molecule has 2 aromatic rings. The second-order valence-electron chi connectivity index (χ2n) is 5.09. The second-order valence-corrected chi connectivity index (χ2v) is 7.16. The Morgan fingerprint density at radius 3 is 2.90 bits per heavy atom. The molecule has 0 unspecified atom stereocenters. The van der Waals surface area contributed by atoms with Crippen LogP contribution in [0, 0.1) is 0 Å². The summed E-state index contributed by atoms with van der Waals surface area (Å²) in [6, 6.07) is 8.59. The molecular weight excluding hydrogens is 334 g/mol. The normalized spacial score (nSPS) is 13.5. The van der Waals surface area contributed by atoms with Crippen molar-refractivity contribution < 1.29 is 4.74 Å². The van der Waals surface area contributed by atoms with Crippen LogP contribution in [0.25, 0.3) is 0 Å². The number of fused-ring (bicyclic) bond motifs is 1. The molecule has 0 saturated carbocycles. The molecule has 0 spiro atoms. The fraction of sp³-hybridized carbons (Fsp3) is 0.375. The van der Waals surface area contributed by atoms with E-state index < -0.39 is 0 Å². The van der Waals surface area contributed by atoms with Crippen molar-refractivity contribution in [2.24, 2.45) is 0 Å². The number of aryl methyl sites for hydroxylation is 2. The van der Waals surface area contributed by atoms with E-state index in [0.29, 0.717) is 0 Å². The van der Waals surface area contributed by atoms with Crippen LogP contribution in [0.3, 0.4) is 0 Å². The molecular formula is C16H18BrNOS. The summed E-state index contributed by atoms with van der Waals surface area (Å²) in [5.41, 5.74) is 2.85. The van der Waals surface area contributed by atoms with Crippen molar-refractivity contribution in [2.75, 3.05) is 7.11 Å². The van der Waals surface area contributed by atoms with Crippen molar-refractivity contribution in [1.29, 1.82) is 0 Å². The molecule has 0 bridgehead atoms. The molecule has 1 aromatic carbocycles. The van der Waals surface area contributed by atoms with Crippen molar-refractivity contribution in [3.63, 3.8) is 0 Å². The maximum atomic E-state index is 5.24. The van der Waals surface area contributed by atoms with E-state index in [1.54, 1.807) is 17.6 Å². The maximum absolute atomic E-state index is 5.24. The summed E-state index contributed by atoms with van der Waals surface area (Å²) in [5.74, 6) is 0.878. The van der Waals surface area contributed by atoms with Crippen LogP contribution in [0.2, 0.25) is 0 Å². The lowest BCUT2D eigenvalue weighted by atomic mass is 10.2. The molecule has 0 fully saturated rings. The third-order valence-corrected chi connectivity index (χ3v) is 5.50. The van der Waals surface area contributed by atoms with Crippen LogP contribution in [0.15, 0.2) is 28.7 Å². The number of halogens is 1. The molecule has 3 rings (SSSR count). The minimum absolute atomic E-state index is 0.878. The average molecular weight is 352 g/mol. The summed E-state index contributed by atoms with van der Waals surface area (Å²) in [5, 5.41) is 3.52. The molecule has 2 nitrogen and oxygen atoms in total. The van der Waals surface area contributed by atoms with E-state index in [1.807, 2.05) is 17.4 Å². The van der Waals surface area contributed by atoms with Gasteiger partial charge in [0, 0.05) is 22.8 Å². The van der Waals surface area contributed by atoms with Crippen LogP contribution < -0.4 is 10.1 Å². The molecule has 4 heteroatoms. The molecule has 1 aromatic heterocycles. The number of rotatable bonds is 5. The van der Waals surface area contributed by atoms with Gasteiger partial charge in [-0.25, -0.2) is 0 Å². The number of benzene rings is 1. The zero-order valence-electron chi connectivity index (χ0n) is 11.5. The van der Waals surface area contributed by atoms with Crippen LogP contribution >= 0.6 is 27.3 Å². The van der Waals surface area contributed by atoms with Crippen LogP contribution in [0.1, 0.15) is 27.3 Å². The maximum Gasteiger partial charge on any atom is 0.133 e. The SMILES string of the molecule is COc1ccc(CNCc2cc3c(s2)CCC3)cc1Br. The molecule has 0 aliphatic heterocycles. The van der Waals surface area contributed by atoms with Gasteiger partial charge in [-0.15, -0.1) is 11.3 Å². The van der Waals surface area contributed by atoms with Gasteiger partial charge in [0.25, 0.3) is 0 Å².